The Labute approximate surface area is 138 Å². The molecule has 24 heavy (non-hydrogen) atoms. The summed E-state index contributed by atoms with van der Waals surface area (Å²) < 4.78 is 31.1. The minimum atomic E-state index is -4.17. The van der Waals surface area contributed by atoms with Crippen molar-refractivity contribution in [2.75, 3.05) is 12.4 Å². The molecule has 0 radical (unpaired) electrons. The molecule has 1 heterocycles. The molecule has 0 aliphatic carbocycles. The van der Waals surface area contributed by atoms with E-state index in [0.29, 0.717) is 0 Å². The highest BCUT2D eigenvalue weighted by Crippen LogP contribution is 2.15. The van der Waals surface area contributed by atoms with Gasteiger partial charge in [0.2, 0.25) is 5.95 Å². The van der Waals surface area contributed by atoms with E-state index in [4.69, 9.17) is 4.74 Å². The Morgan fingerprint density at radius 1 is 1.25 bits per heavy atom. The molecule has 0 unspecified atom stereocenters. The molecule has 0 fully saturated rings. The maximum Gasteiger partial charge on any atom is 0.335 e. The molecule has 0 bridgehead atoms. The van der Waals surface area contributed by atoms with Crippen molar-refractivity contribution in [3.63, 3.8) is 0 Å². The van der Waals surface area contributed by atoms with Gasteiger partial charge in [-0.05, 0) is 18.6 Å². The minimum absolute atomic E-state index is 0.0220. The van der Waals surface area contributed by atoms with Gasteiger partial charge >= 0.3 is 12.0 Å². The number of hydrogen-bond acceptors (Lipinski definition) is 8. The predicted octanol–water partition coefficient (Wildman–Crippen LogP) is 0.191. The van der Waals surface area contributed by atoms with E-state index >= 15 is 0 Å². The lowest BCUT2D eigenvalue weighted by atomic mass is 10.2. The number of anilines is 1. The van der Waals surface area contributed by atoms with Crippen LogP contribution in [0.25, 0.3) is 0 Å². The second-order valence-corrected chi connectivity index (χ2v) is 6.17. The Balaban J connectivity index is 2.18. The Hall–Kier alpha value is -2.79. The largest absolute Gasteiger partial charge is 0.467 e. The molecule has 2 rings (SSSR count). The number of urea groups is 1. The molecule has 0 aliphatic heterocycles. The van der Waals surface area contributed by atoms with Crippen molar-refractivity contribution in [1.29, 1.82) is 0 Å². The third-order valence-electron chi connectivity index (χ3n) is 2.79. The fraction of sp³-hybridized carbons (Fsp3) is 0.231. The molecule has 10 nitrogen and oxygen atoms in total. The van der Waals surface area contributed by atoms with Crippen molar-refractivity contribution in [3.8, 4) is 6.01 Å². The normalized spacial score (nSPS) is 11.0. The molecule has 0 aliphatic rings. The number of aryl methyl sites for hydroxylation is 1. The summed E-state index contributed by atoms with van der Waals surface area (Å²) in [4.78, 5) is 23.2. The van der Waals surface area contributed by atoms with Gasteiger partial charge in [-0.25, -0.2) is 17.9 Å². The Kier molecular flexibility index (Phi) is 5.26. The molecule has 2 amide bonds. The first-order valence-electron chi connectivity index (χ1n) is 6.65. The molecule has 0 atom stereocenters. The zero-order valence-corrected chi connectivity index (χ0v) is 13.7. The third-order valence-corrected chi connectivity index (χ3v) is 4.23. The van der Waals surface area contributed by atoms with Crippen LogP contribution in [0.5, 0.6) is 6.01 Å². The van der Waals surface area contributed by atoms with E-state index in [2.05, 4.69) is 20.3 Å². The summed E-state index contributed by atoms with van der Waals surface area (Å²) >= 11 is 0. The standard InChI is InChI=1S/C13H15N5O5S/c1-8-14-11(17-13(15-8)23-2)16-12(20)18-24(21,22)10-6-4-3-5-9(10)7-19/h3-6,19H,7H2,1-2H3,(H2,14,15,16,17,18,20). The number of aromatic nitrogens is 3. The van der Waals surface area contributed by atoms with Crippen LogP contribution in [0.4, 0.5) is 10.7 Å². The molecular weight excluding hydrogens is 338 g/mol. The van der Waals surface area contributed by atoms with Gasteiger partial charge in [-0.2, -0.15) is 15.0 Å². The fourth-order valence-corrected chi connectivity index (χ4v) is 2.95. The van der Waals surface area contributed by atoms with Crippen molar-refractivity contribution in [2.24, 2.45) is 0 Å². The quantitative estimate of drug-likeness (QED) is 0.691. The number of rotatable bonds is 5. The van der Waals surface area contributed by atoms with Gasteiger partial charge < -0.3 is 9.84 Å². The van der Waals surface area contributed by atoms with Crippen LogP contribution in [0.2, 0.25) is 0 Å². The van der Waals surface area contributed by atoms with E-state index in [9.17, 15) is 18.3 Å². The monoisotopic (exact) mass is 353 g/mol. The number of aliphatic hydroxyl groups is 1. The second-order valence-electron chi connectivity index (χ2n) is 4.52. The summed E-state index contributed by atoms with van der Waals surface area (Å²) in [5.74, 6) is 0.119. The number of benzene rings is 1. The van der Waals surface area contributed by atoms with Gasteiger partial charge in [-0.1, -0.05) is 18.2 Å². The number of nitrogens with zero attached hydrogens (tertiary/aromatic N) is 3. The van der Waals surface area contributed by atoms with E-state index in [0.717, 1.165) is 0 Å². The van der Waals surface area contributed by atoms with Crippen molar-refractivity contribution in [1.82, 2.24) is 19.7 Å². The van der Waals surface area contributed by atoms with Gasteiger partial charge in [0.25, 0.3) is 10.0 Å². The number of sulfonamides is 1. The van der Waals surface area contributed by atoms with Gasteiger partial charge in [0, 0.05) is 0 Å². The molecule has 0 saturated carbocycles. The van der Waals surface area contributed by atoms with Crippen LogP contribution < -0.4 is 14.8 Å². The molecule has 2 aromatic rings. The number of carbonyl (C=O) groups is 1. The molecule has 11 heteroatoms. The molecule has 1 aromatic carbocycles. The highest BCUT2D eigenvalue weighted by Gasteiger charge is 2.21. The fourth-order valence-electron chi connectivity index (χ4n) is 1.81. The highest BCUT2D eigenvalue weighted by molar-refractivity contribution is 7.90. The third kappa shape index (κ3) is 4.14. The molecule has 0 spiro atoms. The average Bonchev–Trinajstić information content (AvgIpc) is 2.53. The first-order chi connectivity index (χ1) is 11.4. The smallest absolute Gasteiger partial charge is 0.335 e. The summed E-state index contributed by atoms with van der Waals surface area (Å²) in [7, 11) is -2.83. The van der Waals surface area contributed by atoms with Gasteiger partial charge in [-0.15, -0.1) is 0 Å². The number of hydrogen-bond donors (Lipinski definition) is 3. The summed E-state index contributed by atoms with van der Waals surface area (Å²) in [5.41, 5.74) is 0.162. The Morgan fingerprint density at radius 2 is 1.96 bits per heavy atom. The van der Waals surface area contributed by atoms with Crippen LogP contribution in [-0.2, 0) is 16.6 Å². The summed E-state index contributed by atoms with van der Waals surface area (Å²) in [5, 5.41) is 11.4. The minimum Gasteiger partial charge on any atom is -0.467 e. The van der Waals surface area contributed by atoms with Crippen molar-refractivity contribution < 1.29 is 23.1 Å². The van der Waals surface area contributed by atoms with Gasteiger partial charge in [0.1, 0.15) is 5.82 Å². The number of aliphatic hydroxyl groups excluding tert-OH is 1. The van der Waals surface area contributed by atoms with E-state index < -0.39 is 22.7 Å². The second kappa shape index (κ2) is 7.19. The predicted molar refractivity (Wildman–Crippen MR) is 82.8 cm³/mol. The molecule has 128 valence electrons. The first-order valence-corrected chi connectivity index (χ1v) is 8.13. The number of carbonyl (C=O) groups excluding carboxylic acids is 1. The highest BCUT2D eigenvalue weighted by atomic mass is 32.2. The lowest BCUT2D eigenvalue weighted by Gasteiger charge is -2.10. The van der Waals surface area contributed by atoms with Crippen molar-refractivity contribution in [2.45, 2.75) is 18.4 Å². The van der Waals surface area contributed by atoms with Gasteiger partial charge in [0.05, 0.1) is 18.6 Å². The van der Waals surface area contributed by atoms with Crippen LogP contribution in [0.15, 0.2) is 29.2 Å². The van der Waals surface area contributed by atoms with E-state index in [-0.39, 0.29) is 28.2 Å². The van der Waals surface area contributed by atoms with Crippen LogP contribution in [0.1, 0.15) is 11.4 Å². The maximum atomic E-state index is 12.2. The summed E-state index contributed by atoms with van der Waals surface area (Å²) in [6, 6.07) is 4.68. The molecule has 3 N–H and O–H groups in total. The van der Waals surface area contributed by atoms with E-state index in [1.54, 1.807) is 13.0 Å². The number of methoxy groups -OCH3 is 1. The molecule has 1 aromatic heterocycles. The summed E-state index contributed by atoms with van der Waals surface area (Å²) in [6.45, 7) is 1.07. The van der Waals surface area contributed by atoms with Crippen molar-refractivity contribution in [3.05, 3.63) is 35.7 Å². The first kappa shape index (κ1) is 17.6. The lowest BCUT2D eigenvalue weighted by Crippen LogP contribution is -2.35. The number of amides is 2. The zero-order chi connectivity index (χ0) is 17.7. The van der Waals surface area contributed by atoms with Gasteiger partial charge in [0.15, 0.2) is 0 Å². The number of ether oxygens (including phenoxy) is 1. The van der Waals surface area contributed by atoms with Crippen LogP contribution >= 0.6 is 0 Å². The zero-order valence-electron chi connectivity index (χ0n) is 12.8. The van der Waals surface area contributed by atoms with Crippen molar-refractivity contribution >= 4 is 22.0 Å². The van der Waals surface area contributed by atoms with E-state index in [1.165, 1.54) is 25.3 Å². The van der Waals surface area contributed by atoms with Crippen LogP contribution in [0, 0.1) is 6.92 Å². The maximum absolute atomic E-state index is 12.2. The average molecular weight is 353 g/mol. The Bertz CT molecular complexity index is 856. The van der Waals surface area contributed by atoms with Crippen LogP contribution in [0.3, 0.4) is 0 Å². The molecule has 0 saturated heterocycles. The topological polar surface area (TPSA) is 143 Å². The van der Waals surface area contributed by atoms with Crippen LogP contribution in [-0.4, -0.2) is 41.6 Å². The summed E-state index contributed by atoms with van der Waals surface area (Å²) in [6.07, 6.45) is 0. The SMILES string of the molecule is COc1nc(C)nc(NC(=O)NS(=O)(=O)c2ccccc2CO)n1. The van der Waals surface area contributed by atoms with Gasteiger partial charge in [-0.3, -0.25) is 5.32 Å². The lowest BCUT2D eigenvalue weighted by molar-refractivity contribution is 0.256. The van der Waals surface area contributed by atoms with E-state index in [1.807, 2.05) is 4.72 Å². The molecular formula is C13H15N5O5S. The number of nitrogens with one attached hydrogen (secondary N) is 2. The Morgan fingerprint density at radius 3 is 2.62 bits per heavy atom.